The van der Waals surface area contributed by atoms with Crippen molar-refractivity contribution in [2.24, 2.45) is 0 Å². The van der Waals surface area contributed by atoms with Gasteiger partial charge in [0.25, 0.3) is 0 Å². The Morgan fingerprint density at radius 3 is 3.05 bits per heavy atom. The van der Waals surface area contributed by atoms with E-state index >= 15 is 0 Å². The first-order valence-corrected chi connectivity index (χ1v) is 8.29. The van der Waals surface area contributed by atoms with Crippen molar-refractivity contribution in [1.82, 2.24) is 35.3 Å². The fourth-order valence-electron chi connectivity index (χ4n) is 3.28. The van der Waals surface area contributed by atoms with E-state index in [0.29, 0.717) is 6.04 Å². The first-order chi connectivity index (χ1) is 10.8. The molecule has 3 rings (SSSR count). The lowest BCUT2D eigenvalue weighted by Crippen LogP contribution is -2.48. The molecule has 122 valence electrons. The highest BCUT2D eigenvalue weighted by Crippen LogP contribution is 2.19. The third-order valence-electron chi connectivity index (χ3n) is 4.51. The van der Waals surface area contributed by atoms with Gasteiger partial charge >= 0.3 is 6.03 Å². The second-order valence-electron chi connectivity index (χ2n) is 6.13. The molecule has 3 heterocycles. The SMILES string of the molecule is CCCCn1nnnc1CN1CCCC(N2CCNC2=O)C1. The van der Waals surface area contributed by atoms with Gasteiger partial charge in [-0.2, -0.15) is 0 Å². The molecule has 2 amide bonds. The number of urea groups is 1. The Balaban J connectivity index is 1.58. The lowest BCUT2D eigenvalue weighted by atomic mass is 10.0. The normalized spacial score (nSPS) is 23.0. The van der Waals surface area contributed by atoms with Crippen LogP contribution in [0.1, 0.15) is 38.4 Å². The molecule has 0 aliphatic carbocycles. The molecule has 0 aromatic carbocycles. The standard InChI is InChI=1S/C14H25N7O/c1-2-3-8-21-13(16-17-18-21)11-19-7-4-5-12(10-19)20-9-6-15-14(20)22/h12H,2-11H2,1H3,(H,15,22). The molecule has 1 unspecified atom stereocenters. The highest BCUT2D eigenvalue weighted by atomic mass is 16.2. The number of piperidine rings is 1. The van der Waals surface area contributed by atoms with E-state index in [1.807, 2.05) is 9.58 Å². The smallest absolute Gasteiger partial charge is 0.317 e. The number of carbonyl (C=O) groups is 1. The number of rotatable bonds is 6. The number of likely N-dealkylation sites (tertiary alicyclic amines) is 1. The number of aromatic nitrogens is 4. The molecule has 1 N–H and O–H groups in total. The lowest BCUT2D eigenvalue weighted by Gasteiger charge is -2.36. The summed E-state index contributed by atoms with van der Waals surface area (Å²) in [5.74, 6) is 0.931. The molecule has 0 radical (unpaired) electrons. The van der Waals surface area contributed by atoms with E-state index in [0.717, 1.165) is 70.8 Å². The second kappa shape index (κ2) is 7.04. The number of aryl methyl sites for hydroxylation is 1. The summed E-state index contributed by atoms with van der Waals surface area (Å²) in [7, 11) is 0. The van der Waals surface area contributed by atoms with E-state index in [4.69, 9.17) is 0 Å². The van der Waals surface area contributed by atoms with E-state index in [1.165, 1.54) is 0 Å². The molecule has 1 atom stereocenters. The highest BCUT2D eigenvalue weighted by molar-refractivity contribution is 5.76. The summed E-state index contributed by atoms with van der Waals surface area (Å²) in [5.41, 5.74) is 0. The minimum atomic E-state index is 0.0830. The van der Waals surface area contributed by atoms with Crippen molar-refractivity contribution in [3.05, 3.63) is 5.82 Å². The molecule has 1 aromatic rings. The Labute approximate surface area is 130 Å². The van der Waals surface area contributed by atoms with Gasteiger partial charge in [-0.05, 0) is 36.2 Å². The zero-order valence-electron chi connectivity index (χ0n) is 13.2. The molecule has 2 saturated heterocycles. The van der Waals surface area contributed by atoms with Gasteiger partial charge in [0.2, 0.25) is 0 Å². The predicted molar refractivity (Wildman–Crippen MR) is 81.1 cm³/mol. The van der Waals surface area contributed by atoms with E-state index < -0.39 is 0 Å². The van der Waals surface area contributed by atoms with E-state index in [1.54, 1.807) is 0 Å². The van der Waals surface area contributed by atoms with Crippen molar-refractivity contribution in [1.29, 1.82) is 0 Å². The molecule has 1 aromatic heterocycles. The van der Waals surface area contributed by atoms with Crippen LogP contribution in [0.5, 0.6) is 0 Å². The van der Waals surface area contributed by atoms with Crippen LogP contribution in [-0.2, 0) is 13.1 Å². The van der Waals surface area contributed by atoms with Crippen LogP contribution in [-0.4, -0.2) is 68.3 Å². The number of unbranched alkanes of at least 4 members (excludes halogenated alkanes) is 1. The van der Waals surface area contributed by atoms with Crippen molar-refractivity contribution in [3.8, 4) is 0 Å². The molecule has 2 aliphatic rings. The van der Waals surface area contributed by atoms with Gasteiger partial charge in [0.05, 0.1) is 6.54 Å². The van der Waals surface area contributed by atoms with Crippen LogP contribution in [0.2, 0.25) is 0 Å². The van der Waals surface area contributed by atoms with Crippen LogP contribution in [0, 0.1) is 0 Å². The van der Waals surface area contributed by atoms with Gasteiger partial charge in [0, 0.05) is 32.2 Å². The number of nitrogens with zero attached hydrogens (tertiary/aromatic N) is 6. The van der Waals surface area contributed by atoms with Gasteiger partial charge in [0.15, 0.2) is 5.82 Å². The fourth-order valence-corrected chi connectivity index (χ4v) is 3.28. The van der Waals surface area contributed by atoms with E-state index in [9.17, 15) is 4.79 Å². The summed E-state index contributed by atoms with van der Waals surface area (Å²) >= 11 is 0. The maximum atomic E-state index is 11.8. The lowest BCUT2D eigenvalue weighted by molar-refractivity contribution is 0.119. The Hall–Kier alpha value is -1.70. The first kappa shape index (κ1) is 15.2. The summed E-state index contributed by atoms with van der Waals surface area (Å²) < 4.78 is 1.91. The minimum absolute atomic E-state index is 0.0830. The zero-order valence-corrected chi connectivity index (χ0v) is 13.2. The van der Waals surface area contributed by atoms with Crippen molar-refractivity contribution < 1.29 is 4.79 Å². The van der Waals surface area contributed by atoms with Crippen molar-refractivity contribution in [2.45, 2.75) is 51.7 Å². The highest BCUT2D eigenvalue weighted by Gasteiger charge is 2.31. The number of hydrogen-bond acceptors (Lipinski definition) is 5. The van der Waals surface area contributed by atoms with E-state index in [-0.39, 0.29) is 6.03 Å². The number of nitrogens with one attached hydrogen (secondary N) is 1. The molecule has 0 spiro atoms. The molecule has 2 fully saturated rings. The van der Waals surface area contributed by atoms with Crippen molar-refractivity contribution in [3.63, 3.8) is 0 Å². The molecule has 0 saturated carbocycles. The number of tetrazole rings is 1. The van der Waals surface area contributed by atoms with Gasteiger partial charge in [-0.1, -0.05) is 13.3 Å². The van der Waals surface area contributed by atoms with Gasteiger partial charge in [-0.15, -0.1) is 5.10 Å². The molecule has 2 aliphatic heterocycles. The molecule has 8 heteroatoms. The fraction of sp³-hybridized carbons (Fsp3) is 0.857. The van der Waals surface area contributed by atoms with Crippen LogP contribution < -0.4 is 5.32 Å². The quantitative estimate of drug-likeness (QED) is 0.826. The van der Waals surface area contributed by atoms with Crippen LogP contribution >= 0.6 is 0 Å². The maximum absolute atomic E-state index is 11.8. The Bertz CT molecular complexity index is 503. The summed E-state index contributed by atoms with van der Waals surface area (Å²) in [4.78, 5) is 16.2. The zero-order chi connectivity index (χ0) is 15.4. The van der Waals surface area contributed by atoms with Gasteiger partial charge in [-0.3, -0.25) is 4.90 Å². The number of carbonyl (C=O) groups excluding carboxylic acids is 1. The number of amides is 2. The van der Waals surface area contributed by atoms with E-state index in [2.05, 4.69) is 32.7 Å². The van der Waals surface area contributed by atoms with Crippen LogP contribution in [0.3, 0.4) is 0 Å². The van der Waals surface area contributed by atoms with Crippen LogP contribution in [0.25, 0.3) is 0 Å². The Morgan fingerprint density at radius 2 is 2.27 bits per heavy atom. The Morgan fingerprint density at radius 1 is 1.36 bits per heavy atom. The number of hydrogen-bond donors (Lipinski definition) is 1. The largest absolute Gasteiger partial charge is 0.336 e. The third-order valence-corrected chi connectivity index (χ3v) is 4.51. The van der Waals surface area contributed by atoms with Gasteiger partial charge < -0.3 is 10.2 Å². The molecular weight excluding hydrogens is 282 g/mol. The summed E-state index contributed by atoms with van der Waals surface area (Å²) in [5, 5.41) is 15.0. The van der Waals surface area contributed by atoms with Gasteiger partial charge in [0.1, 0.15) is 0 Å². The monoisotopic (exact) mass is 307 g/mol. The van der Waals surface area contributed by atoms with Crippen LogP contribution in [0.4, 0.5) is 4.79 Å². The minimum Gasteiger partial charge on any atom is -0.336 e. The summed E-state index contributed by atoms with van der Waals surface area (Å²) in [6, 6.07) is 0.399. The Kier molecular flexibility index (Phi) is 4.87. The topological polar surface area (TPSA) is 79.2 Å². The van der Waals surface area contributed by atoms with Gasteiger partial charge in [-0.25, -0.2) is 9.48 Å². The molecular formula is C14H25N7O. The summed E-state index contributed by atoms with van der Waals surface area (Å²) in [6.07, 6.45) is 4.43. The average Bonchev–Trinajstić information content (AvgIpc) is 3.14. The third kappa shape index (κ3) is 3.37. The average molecular weight is 307 g/mol. The molecule has 8 nitrogen and oxygen atoms in total. The molecule has 0 bridgehead atoms. The second-order valence-corrected chi connectivity index (χ2v) is 6.13. The van der Waals surface area contributed by atoms with Crippen LogP contribution in [0.15, 0.2) is 0 Å². The predicted octanol–water partition coefficient (Wildman–Crippen LogP) is 0.463. The maximum Gasteiger partial charge on any atom is 0.317 e. The van der Waals surface area contributed by atoms with Crippen molar-refractivity contribution >= 4 is 6.03 Å². The van der Waals surface area contributed by atoms with Crippen molar-refractivity contribution in [2.75, 3.05) is 26.2 Å². The molecule has 22 heavy (non-hydrogen) atoms. The summed E-state index contributed by atoms with van der Waals surface area (Å²) in [6.45, 7) is 7.37. The first-order valence-electron chi connectivity index (χ1n) is 8.29.